The highest BCUT2D eigenvalue weighted by Crippen LogP contribution is 2.36. The van der Waals surface area contributed by atoms with E-state index in [1.165, 1.54) is 5.56 Å². The maximum Gasteiger partial charge on any atom is 0.290 e. The maximum absolute atomic E-state index is 12.5. The number of aromatic nitrogens is 2. The quantitative estimate of drug-likeness (QED) is 0.845. The molecule has 2 aromatic heterocycles. The van der Waals surface area contributed by atoms with Crippen LogP contribution in [0.3, 0.4) is 0 Å². The van der Waals surface area contributed by atoms with Gasteiger partial charge in [-0.05, 0) is 38.8 Å². The molecule has 3 rings (SSSR count). The third-order valence-corrected chi connectivity index (χ3v) is 4.14. The lowest BCUT2D eigenvalue weighted by molar-refractivity contribution is 0.0702. The summed E-state index contributed by atoms with van der Waals surface area (Å²) in [5.74, 6) is 0.385. The SMILES string of the molecule is Cc1nn(C)c(C)c1[C@H]1CCCN1C(=O)c1ccco1. The summed E-state index contributed by atoms with van der Waals surface area (Å²) in [6, 6.07) is 3.58. The Hall–Kier alpha value is -2.04. The highest BCUT2D eigenvalue weighted by molar-refractivity contribution is 5.92. The summed E-state index contributed by atoms with van der Waals surface area (Å²) in [6.45, 7) is 4.84. The summed E-state index contributed by atoms with van der Waals surface area (Å²) in [4.78, 5) is 14.4. The summed E-state index contributed by atoms with van der Waals surface area (Å²) in [6.07, 6.45) is 3.55. The predicted molar refractivity (Wildman–Crippen MR) is 74.4 cm³/mol. The number of likely N-dealkylation sites (tertiary alicyclic amines) is 1. The standard InChI is InChI=1S/C15H19N3O2/c1-10-14(11(2)17(3)16-10)12-6-4-8-18(12)15(19)13-7-5-9-20-13/h5,7,9,12H,4,6,8H2,1-3H3/t12-/m1/s1. The van der Waals surface area contributed by atoms with Crippen LogP contribution in [0.2, 0.25) is 0 Å². The number of rotatable bonds is 2. The zero-order valence-electron chi connectivity index (χ0n) is 12.1. The van der Waals surface area contributed by atoms with Crippen LogP contribution in [0.5, 0.6) is 0 Å². The lowest BCUT2D eigenvalue weighted by atomic mass is 10.0. The Labute approximate surface area is 118 Å². The number of furan rings is 1. The van der Waals surface area contributed by atoms with Crippen LogP contribution in [0.1, 0.15) is 46.4 Å². The molecule has 0 unspecified atom stereocenters. The van der Waals surface area contributed by atoms with Crippen LogP contribution in [0, 0.1) is 13.8 Å². The van der Waals surface area contributed by atoms with Gasteiger partial charge in [0, 0.05) is 24.8 Å². The van der Waals surface area contributed by atoms with E-state index in [-0.39, 0.29) is 11.9 Å². The van der Waals surface area contributed by atoms with Gasteiger partial charge in [0.2, 0.25) is 0 Å². The van der Waals surface area contributed by atoms with Gasteiger partial charge in [0.05, 0.1) is 18.0 Å². The second kappa shape index (κ2) is 4.81. The molecule has 1 saturated heterocycles. The zero-order valence-corrected chi connectivity index (χ0v) is 12.1. The topological polar surface area (TPSA) is 51.3 Å². The van der Waals surface area contributed by atoms with Crippen molar-refractivity contribution in [1.82, 2.24) is 14.7 Å². The molecule has 0 N–H and O–H groups in total. The fourth-order valence-electron chi connectivity index (χ4n) is 3.12. The van der Waals surface area contributed by atoms with Crippen LogP contribution in [0.15, 0.2) is 22.8 Å². The lowest BCUT2D eigenvalue weighted by Crippen LogP contribution is -2.30. The van der Waals surface area contributed by atoms with E-state index >= 15 is 0 Å². The van der Waals surface area contributed by atoms with E-state index in [1.54, 1.807) is 18.4 Å². The average Bonchev–Trinajstić information content (AvgIpc) is 3.12. The van der Waals surface area contributed by atoms with Crippen LogP contribution in [0.4, 0.5) is 0 Å². The molecule has 5 nitrogen and oxygen atoms in total. The average molecular weight is 273 g/mol. The summed E-state index contributed by atoms with van der Waals surface area (Å²) in [5.41, 5.74) is 3.32. The van der Waals surface area contributed by atoms with E-state index in [0.29, 0.717) is 5.76 Å². The van der Waals surface area contributed by atoms with Gasteiger partial charge in [0.1, 0.15) is 0 Å². The van der Waals surface area contributed by atoms with E-state index in [1.807, 2.05) is 23.6 Å². The normalized spacial score (nSPS) is 18.8. The predicted octanol–water partition coefficient (Wildman–Crippen LogP) is 2.61. The van der Waals surface area contributed by atoms with Gasteiger partial charge in [-0.3, -0.25) is 9.48 Å². The Morgan fingerprint density at radius 1 is 1.45 bits per heavy atom. The zero-order chi connectivity index (χ0) is 14.3. The van der Waals surface area contributed by atoms with Crippen LogP contribution in [-0.2, 0) is 7.05 Å². The molecule has 0 saturated carbocycles. The third kappa shape index (κ3) is 1.94. The molecule has 0 radical (unpaired) electrons. The fraction of sp³-hybridized carbons (Fsp3) is 0.467. The first-order valence-electron chi connectivity index (χ1n) is 6.94. The molecule has 1 aliphatic rings. The van der Waals surface area contributed by atoms with Crippen molar-refractivity contribution in [2.24, 2.45) is 7.05 Å². The van der Waals surface area contributed by atoms with Gasteiger partial charge in [0.25, 0.3) is 5.91 Å². The molecule has 20 heavy (non-hydrogen) atoms. The largest absolute Gasteiger partial charge is 0.459 e. The summed E-state index contributed by atoms with van der Waals surface area (Å²) in [7, 11) is 1.94. The number of hydrogen-bond donors (Lipinski definition) is 0. The first-order valence-corrected chi connectivity index (χ1v) is 6.94. The smallest absolute Gasteiger partial charge is 0.290 e. The first kappa shape index (κ1) is 13.0. The van der Waals surface area contributed by atoms with Crippen molar-refractivity contribution in [1.29, 1.82) is 0 Å². The van der Waals surface area contributed by atoms with E-state index in [2.05, 4.69) is 12.0 Å². The molecule has 0 spiro atoms. The highest BCUT2D eigenvalue weighted by Gasteiger charge is 2.34. The van der Waals surface area contributed by atoms with Gasteiger partial charge >= 0.3 is 0 Å². The van der Waals surface area contributed by atoms with Crippen molar-refractivity contribution in [2.75, 3.05) is 6.54 Å². The molecular formula is C15H19N3O2. The summed E-state index contributed by atoms with van der Waals surface area (Å²) in [5, 5.41) is 4.47. The second-order valence-electron chi connectivity index (χ2n) is 5.34. The summed E-state index contributed by atoms with van der Waals surface area (Å²) >= 11 is 0. The summed E-state index contributed by atoms with van der Waals surface area (Å²) < 4.78 is 7.13. The third-order valence-electron chi connectivity index (χ3n) is 4.14. The number of carbonyl (C=O) groups is 1. The molecular weight excluding hydrogens is 254 g/mol. The minimum absolute atomic E-state index is 0.0276. The molecule has 1 fully saturated rings. The van der Waals surface area contributed by atoms with E-state index in [4.69, 9.17) is 4.42 Å². The molecule has 3 heterocycles. The number of hydrogen-bond acceptors (Lipinski definition) is 3. The Morgan fingerprint density at radius 3 is 2.85 bits per heavy atom. The second-order valence-corrected chi connectivity index (χ2v) is 5.34. The van der Waals surface area contributed by atoms with Crippen molar-refractivity contribution < 1.29 is 9.21 Å². The Balaban J connectivity index is 1.95. The van der Waals surface area contributed by atoms with E-state index in [9.17, 15) is 4.79 Å². The van der Waals surface area contributed by atoms with E-state index < -0.39 is 0 Å². The monoisotopic (exact) mass is 273 g/mol. The number of aryl methyl sites for hydroxylation is 2. The Kier molecular flexibility index (Phi) is 3.12. The fourth-order valence-corrected chi connectivity index (χ4v) is 3.12. The van der Waals surface area contributed by atoms with Crippen LogP contribution < -0.4 is 0 Å². The van der Waals surface area contributed by atoms with Crippen molar-refractivity contribution in [3.05, 3.63) is 41.1 Å². The molecule has 2 aromatic rings. The van der Waals surface area contributed by atoms with Gasteiger partial charge in [-0.2, -0.15) is 5.10 Å². The maximum atomic E-state index is 12.5. The van der Waals surface area contributed by atoms with Gasteiger partial charge in [-0.1, -0.05) is 0 Å². The molecule has 0 aliphatic carbocycles. The van der Waals surface area contributed by atoms with Crippen molar-refractivity contribution >= 4 is 5.91 Å². The minimum atomic E-state index is -0.0276. The molecule has 0 bridgehead atoms. The van der Waals surface area contributed by atoms with Gasteiger partial charge in [0.15, 0.2) is 5.76 Å². The number of amides is 1. The van der Waals surface area contributed by atoms with Gasteiger partial charge < -0.3 is 9.32 Å². The molecule has 1 aliphatic heterocycles. The Morgan fingerprint density at radius 2 is 2.25 bits per heavy atom. The number of carbonyl (C=O) groups excluding carboxylic acids is 1. The molecule has 0 aromatic carbocycles. The molecule has 1 atom stereocenters. The van der Waals surface area contributed by atoms with Crippen LogP contribution >= 0.6 is 0 Å². The van der Waals surface area contributed by atoms with Gasteiger partial charge in [-0.15, -0.1) is 0 Å². The highest BCUT2D eigenvalue weighted by atomic mass is 16.3. The molecule has 106 valence electrons. The minimum Gasteiger partial charge on any atom is -0.459 e. The van der Waals surface area contributed by atoms with Crippen molar-refractivity contribution in [3.8, 4) is 0 Å². The number of nitrogens with zero attached hydrogens (tertiary/aromatic N) is 3. The van der Waals surface area contributed by atoms with Gasteiger partial charge in [-0.25, -0.2) is 0 Å². The lowest BCUT2D eigenvalue weighted by Gasteiger charge is -2.24. The molecule has 1 amide bonds. The van der Waals surface area contributed by atoms with Crippen LogP contribution in [-0.4, -0.2) is 27.1 Å². The first-order chi connectivity index (χ1) is 9.59. The Bertz CT molecular complexity index is 628. The molecule has 5 heteroatoms. The van der Waals surface area contributed by atoms with Crippen molar-refractivity contribution in [2.45, 2.75) is 32.7 Å². The van der Waals surface area contributed by atoms with Crippen molar-refractivity contribution in [3.63, 3.8) is 0 Å². The van der Waals surface area contributed by atoms with Crippen LogP contribution in [0.25, 0.3) is 0 Å². The van der Waals surface area contributed by atoms with E-state index in [0.717, 1.165) is 30.8 Å².